The van der Waals surface area contributed by atoms with Crippen LogP contribution in [0.25, 0.3) is 11.0 Å². The van der Waals surface area contributed by atoms with Crippen molar-refractivity contribution in [2.24, 2.45) is 0 Å². The molecule has 0 radical (unpaired) electrons. The number of benzene rings is 1. The van der Waals surface area contributed by atoms with E-state index in [4.69, 9.17) is 23.2 Å². The monoisotopic (exact) mass is 491 g/mol. The number of halogens is 3. The third-order valence-corrected chi connectivity index (χ3v) is 5.67. The maximum absolute atomic E-state index is 12.6. The smallest absolute Gasteiger partial charge is 0.256 e. The highest BCUT2D eigenvalue weighted by Gasteiger charge is 2.23. The molecule has 0 saturated heterocycles. The number of amides is 1. The van der Waals surface area contributed by atoms with Gasteiger partial charge >= 0.3 is 0 Å². The number of hydrogen-bond acceptors (Lipinski definition) is 4. The number of alkyl halides is 1. The first-order valence-corrected chi connectivity index (χ1v) is 10.4. The lowest BCUT2D eigenvalue weighted by Gasteiger charge is -2.22. The zero-order valence-electron chi connectivity index (χ0n) is 15.2. The lowest BCUT2D eigenvalue weighted by Crippen LogP contribution is -2.31. The maximum Gasteiger partial charge on any atom is 0.256 e. The molecular weight excluding hydrogens is 477 g/mol. The number of anilines is 2. The van der Waals surface area contributed by atoms with Crippen molar-refractivity contribution in [3.63, 3.8) is 0 Å². The number of pyridine rings is 1. The lowest BCUT2D eigenvalue weighted by molar-refractivity contribution is 0.102. The van der Waals surface area contributed by atoms with Crippen LogP contribution in [0, 0.1) is 6.92 Å². The minimum atomic E-state index is -0.288. The zero-order valence-corrected chi connectivity index (χ0v) is 18.3. The van der Waals surface area contributed by atoms with E-state index in [1.807, 2.05) is 25.1 Å². The summed E-state index contributed by atoms with van der Waals surface area (Å²) in [6.45, 7) is 1.88. The highest BCUT2D eigenvalue weighted by Crippen LogP contribution is 2.26. The predicted molar refractivity (Wildman–Crippen MR) is 121 cm³/mol. The Labute approximate surface area is 185 Å². The van der Waals surface area contributed by atoms with Crippen LogP contribution in [0.4, 0.5) is 11.8 Å². The summed E-state index contributed by atoms with van der Waals surface area (Å²) < 4.78 is 0.856. The zero-order chi connectivity index (χ0) is 20.5. The van der Waals surface area contributed by atoms with Crippen molar-refractivity contribution >= 4 is 67.8 Å². The molecule has 1 amide bonds. The second-order valence-electron chi connectivity index (χ2n) is 6.59. The minimum Gasteiger partial charge on any atom is -0.346 e. The van der Waals surface area contributed by atoms with E-state index in [2.05, 4.69) is 41.5 Å². The van der Waals surface area contributed by atoms with Gasteiger partial charge in [0.2, 0.25) is 5.95 Å². The molecule has 0 spiro atoms. The molecule has 2 heterocycles. The van der Waals surface area contributed by atoms with Crippen LogP contribution in [-0.4, -0.2) is 32.3 Å². The molecule has 2 aromatic heterocycles. The van der Waals surface area contributed by atoms with E-state index in [0.717, 1.165) is 21.1 Å². The fourth-order valence-corrected chi connectivity index (χ4v) is 4.04. The number of carbonyl (C=O) groups is 1. The van der Waals surface area contributed by atoms with Gasteiger partial charge in [-0.25, -0.2) is 9.97 Å². The van der Waals surface area contributed by atoms with Crippen LogP contribution in [0.5, 0.6) is 0 Å². The van der Waals surface area contributed by atoms with E-state index in [1.165, 1.54) is 0 Å². The van der Waals surface area contributed by atoms with Gasteiger partial charge in [0, 0.05) is 21.3 Å². The number of imidazole rings is 1. The number of nitrogens with zero attached hydrogens (tertiary/aromatic N) is 2. The van der Waals surface area contributed by atoms with Gasteiger partial charge in [0.05, 0.1) is 22.5 Å². The quantitative estimate of drug-likeness (QED) is 0.428. The van der Waals surface area contributed by atoms with E-state index in [0.29, 0.717) is 22.4 Å². The van der Waals surface area contributed by atoms with Crippen LogP contribution in [0.3, 0.4) is 0 Å². The molecule has 0 fully saturated rings. The van der Waals surface area contributed by atoms with Crippen molar-refractivity contribution in [2.75, 3.05) is 10.6 Å². The Morgan fingerprint density at radius 1 is 1.31 bits per heavy atom. The Kier molecular flexibility index (Phi) is 5.63. The normalized spacial score (nSPS) is 18.6. The summed E-state index contributed by atoms with van der Waals surface area (Å²) in [5, 5.41) is 6.35. The standard InChI is InChI=1S/C20H16BrCl2N5O/c1-10-7-12(21)9-24-18(10)28-19(29)11-5-6-15-16(8-11)26-20(25-15)27-17-13(22)3-2-4-14(17)23/h2-9,13,17H,1H3,(H,24,28,29)(H2,25,26,27). The van der Waals surface area contributed by atoms with Crippen molar-refractivity contribution in [3.8, 4) is 0 Å². The molecule has 148 valence electrons. The number of hydrogen-bond donors (Lipinski definition) is 3. The maximum atomic E-state index is 12.6. The molecule has 29 heavy (non-hydrogen) atoms. The number of fused-ring (bicyclic) bond motifs is 1. The van der Waals surface area contributed by atoms with Gasteiger partial charge in [-0.1, -0.05) is 23.8 Å². The summed E-state index contributed by atoms with van der Waals surface area (Å²) in [6.07, 6.45) is 7.11. The Hall–Kier alpha value is -2.35. The second kappa shape index (κ2) is 8.18. The molecule has 2 atom stereocenters. The van der Waals surface area contributed by atoms with E-state index in [9.17, 15) is 4.79 Å². The van der Waals surface area contributed by atoms with Gasteiger partial charge in [0.15, 0.2) is 0 Å². The van der Waals surface area contributed by atoms with Gasteiger partial charge in [0.1, 0.15) is 5.82 Å². The van der Waals surface area contributed by atoms with Crippen LogP contribution in [0.2, 0.25) is 0 Å². The summed E-state index contributed by atoms with van der Waals surface area (Å²) in [4.78, 5) is 24.6. The average molecular weight is 493 g/mol. The highest BCUT2D eigenvalue weighted by atomic mass is 79.9. The number of aryl methyl sites for hydroxylation is 1. The first kappa shape index (κ1) is 19.9. The Balaban J connectivity index is 1.54. The number of aromatic nitrogens is 3. The highest BCUT2D eigenvalue weighted by molar-refractivity contribution is 9.10. The second-order valence-corrected chi connectivity index (χ2v) is 8.45. The van der Waals surface area contributed by atoms with Crippen molar-refractivity contribution < 1.29 is 4.79 Å². The van der Waals surface area contributed by atoms with Gasteiger partial charge in [0.25, 0.3) is 5.91 Å². The molecule has 3 N–H and O–H groups in total. The number of allylic oxidation sites excluding steroid dienone is 2. The minimum absolute atomic E-state index is 0.252. The van der Waals surface area contributed by atoms with Gasteiger partial charge in [-0.05, 0) is 58.8 Å². The number of nitrogens with one attached hydrogen (secondary N) is 3. The molecule has 3 aromatic rings. The lowest BCUT2D eigenvalue weighted by atomic mass is 10.1. The van der Waals surface area contributed by atoms with E-state index in [1.54, 1.807) is 30.5 Å². The molecule has 9 heteroatoms. The number of rotatable bonds is 4. The van der Waals surface area contributed by atoms with Crippen molar-refractivity contribution in [2.45, 2.75) is 18.3 Å². The molecule has 1 aliphatic carbocycles. The predicted octanol–water partition coefficient (Wildman–Crippen LogP) is 5.36. The number of aromatic amines is 1. The van der Waals surface area contributed by atoms with E-state index < -0.39 is 0 Å². The van der Waals surface area contributed by atoms with Crippen LogP contribution in [-0.2, 0) is 0 Å². The Bertz CT molecular complexity index is 1160. The van der Waals surface area contributed by atoms with Crippen molar-refractivity contribution in [3.05, 3.63) is 69.3 Å². The number of carbonyl (C=O) groups excluding carboxylic acids is 1. The first-order valence-electron chi connectivity index (χ1n) is 8.78. The van der Waals surface area contributed by atoms with Gasteiger partial charge in [-0.3, -0.25) is 4.79 Å². The van der Waals surface area contributed by atoms with Crippen molar-refractivity contribution in [1.29, 1.82) is 0 Å². The Morgan fingerprint density at radius 2 is 2.14 bits per heavy atom. The Morgan fingerprint density at radius 3 is 2.90 bits per heavy atom. The third-order valence-electron chi connectivity index (χ3n) is 4.48. The van der Waals surface area contributed by atoms with Gasteiger partial charge in [-0.2, -0.15) is 0 Å². The van der Waals surface area contributed by atoms with Crippen LogP contribution in [0.1, 0.15) is 15.9 Å². The molecule has 1 aliphatic rings. The topological polar surface area (TPSA) is 82.7 Å². The number of H-pyrrole nitrogens is 1. The molecule has 4 rings (SSSR count). The van der Waals surface area contributed by atoms with E-state index in [-0.39, 0.29) is 17.3 Å². The van der Waals surface area contributed by atoms with E-state index >= 15 is 0 Å². The molecule has 0 saturated carbocycles. The molecule has 0 aliphatic heterocycles. The fraction of sp³-hybridized carbons (Fsp3) is 0.150. The fourth-order valence-electron chi connectivity index (χ4n) is 2.99. The summed E-state index contributed by atoms with van der Waals surface area (Å²) >= 11 is 15.9. The first-order chi connectivity index (χ1) is 13.9. The van der Waals surface area contributed by atoms with Gasteiger partial charge < -0.3 is 15.6 Å². The van der Waals surface area contributed by atoms with Crippen LogP contribution < -0.4 is 10.6 Å². The molecule has 1 aromatic carbocycles. The third kappa shape index (κ3) is 4.32. The molecular formula is C20H16BrCl2N5O. The molecule has 6 nitrogen and oxygen atoms in total. The SMILES string of the molecule is Cc1cc(Br)cnc1NC(=O)c1ccc2nc(NC3C(Cl)=CC=CC3Cl)[nH]c2c1. The summed E-state index contributed by atoms with van der Waals surface area (Å²) in [5.74, 6) is 0.795. The van der Waals surface area contributed by atoms with Crippen molar-refractivity contribution in [1.82, 2.24) is 15.0 Å². The molecule has 0 bridgehead atoms. The summed E-state index contributed by atoms with van der Waals surface area (Å²) in [6, 6.07) is 6.86. The van der Waals surface area contributed by atoms with Gasteiger partial charge in [-0.15, -0.1) is 11.6 Å². The average Bonchev–Trinajstić information content (AvgIpc) is 3.08. The van der Waals surface area contributed by atoms with Crippen LogP contribution in [0.15, 0.2) is 58.2 Å². The largest absolute Gasteiger partial charge is 0.346 e. The van der Waals surface area contributed by atoms with Crippen LogP contribution >= 0.6 is 39.1 Å². The summed E-state index contributed by atoms with van der Waals surface area (Å²) in [7, 11) is 0. The molecule has 2 unspecified atom stereocenters. The summed E-state index contributed by atoms with van der Waals surface area (Å²) in [5.41, 5.74) is 2.80.